The van der Waals surface area contributed by atoms with E-state index >= 15 is 0 Å². The first-order chi connectivity index (χ1) is 46.3. The average molecular weight is 1360 g/mol. The van der Waals surface area contributed by atoms with Crippen molar-refractivity contribution < 1.29 is 59.1 Å². The van der Waals surface area contributed by atoms with Crippen LogP contribution in [-0.4, -0.2) is 79.4 Å². The van der Waals surface area contributed by atoms with Gasteiger partial charge in [0.1, 0.15) is 51.9 Å². The fraction of sp³-hybridized carbons (Fsp3) is 0.240. The maximum absolute atomic E-state index is 13.1. The van der Waals surface area contributed by atoms with E-state index in [4.69, 9.17) is 36.7 Å². The van der Waals surface area contributed by atoms with Crippen LogP contribution in [0.2, 0.25) is 0 Å². The van der Waals surface area contributed by atoms with E-state index in [9.17, 15) is 59.1 Å². The molecule has 9 aromatic rings. The SMILES string of the molecule is Oc1ccc(C2C(CCCC(O)c3ccc(F)cc3)NC(=S)N2c2ccccc2)c(O)c1.Oc1ccc([C@@H]2[C@@H](CCC[C@@H](O)c3ccc(F)cc3)NC(=S)N2c2ccccc2)c(O)c1.Oc1ccc([C@@H]2[C@@H](CCC[C@@H](O)c3ccc(F)cc3)NC(=S)N2c2ccccc2)c(O)c1. The molecule has 0 aromatic heterocycles. The Morgan fingerprint density at radius 2 is 0.573 bits per heavy atom. The van der Waals surface area contributed by atoms with Gasteiger partial charge in [-0.2, -0.15) is 0 Å². The number of halogens is 3. The Labute approximate surface area is 571 Å². The second-order valence-electron chi connectivity index (χ2n) is 23.8. The van der Waals surface area contributed by atoms with E-state index in [0.717, 1.165) is 17.1 Å². The van der Waals surface area contributed by atoms with Crippen molar-refractivity contribution in [3.8, 4) is 34.5 Å². The molecule has 3 heterocycles. The van der Waals surface area contributed by atoms with Gasteiger partial charge in [-0.15, -0.1) is 0 Å². The van der Waals surface area contributed by atoms with Crippen LogP contribution in [0, 0.1) is 17.5 Å². The molecule has 21 heteroatoms. The van der Waals surface area contributed by atoms with E-state index in [-0.39, 0.29) is 88.2 Å². The molecule has 0 saturated carbocycles. The van der Waals surface area contributed by atoms with E-state index in [1.807, 2.05) is 106 Å². The number of phenols is 6. The summed E-state index contributed by atoms with van der Waals surface area (Å²) in [5, 5.41) is 104. The van der Waals surface area contributed by atoms with Gasteiger partial charge >= 0.3 is 0 Å². The molecule has 9 atom stereocenters. The predicted octanol–water partition coefficient (Wildman–Crippen LogP) is 14.8. The van der Waals surface area contributed by atoms with Gasteiger partial charge in [-0.05, 0) is 220 Å². The second-order valence-corrected chi connectivity index (χ2v) is 25.0. The molecule has 12 rings (SSSR count). The monoisotopic (exact) mass is 1360 g/mol. The van der Waals surface area contributed by atoms with Crippen LogP contribution >= 0.6 is 36.7 Å². The minimum Gasteiger partial charge on any atom is -0.508 e. The van der Waals surface area contributed by atoms with Gasteiger partial charge in [0.25, 0.3) is 0 Å². The molecule has 3 saturated heterocycles. The molecule has 3 aliphatic rings. The van der Waals surface area contributed by atoms with E-state index in [0.29, 0.717) is 107 Å². The molecule has 9 aromatic carbocycles. The summed E-state index contributed by atoms with van der Waals surface area (Å²) >= 11 is 16.9. The third-order valence-corrected chi connectivity index (χ3v) is 18.3. The minimum absolute atomic E-state index is 0.00113. The zero-order valence-corrected chi connectivity index (χ0v) is 54.5. The molecule has 0 aliphatic carbocycles. The summed E-state index contributed by atoms with van der Waals surface area (Å²) in [5.74, 6) is -1.03. The van der Waals surface area contributed by atoms with Crippen molar-refractivity contribution in [1.82, 2.24) is 16.0 Å². The minimum atomic E-state index is -0.685. The quantitative estimate of drug-likeness (QED) is 0.0300. The summed E-state index contributed by atoms with van der Waals surface area (Å²) in [7, 11) is 0. The third-order valence-electron chi connectivity index (χ3n) is 17.4. The van der Waals surface area contributed by atoms with E-state index < -0.39 is 18.3 Å². The Bertz CT molecular complexity index is 3650. The summed E-state index contributed by atoms with van der Waals surface area (Å²) in [5.41, 5.74) is 6.71. The third kappa shape index (κ3) is 17.1. The topological polar surface area (TPSA) is 228 Å². The Morgan fingerprint density at radius 3 is 0.802 bits per heavy atom. The lowest BCUT2D eigenvalue weighted by atomic mass is 9.93. The van der Waals surface area contributed by atoms with Crippen LogP contribution in [0.25, 0.3) is 0 Å². The molecule has 96 heavy (non-hydrogen) atoms. The van der Waals surface area contributed by atoms with Crippen molar-refractivity contribution in [2.75, 3.05) is 14.7 Å². The van der Waals surface area contributed by atoms with E-state index in [1.54, 1.807) is 72.8 Å². The van der Waals surface area contributed by atoms with Crippen molar-refractivity contribution in [3.63, 3.8) is 0 Å². The summed E-state index contributed by atoms with van der Waals surface area (Å²) in [6.45, 7) is 0. The van der Waals surface area contributed by atoms with Gasteiger partial charge < -0.3 is 76.6 Å². The summed E-state index contributed by atoms with van der Waals surface area (Å²) < 4.78 is 39.4. The highest BCUT2D eigenvalue weighted by molar-refractivity contribution is 7.81. The number of hydrogen-bond donors (Lipinski definition) is 12. The van der Waals surface area contributed by atoms with Crippen molar-refractivity contribution in [2.24, 2.45) is 0 Å². The van der Waals surface area contributed by atoms with Gasteiger partial charge in [-0.3, -0.25) is 0 Å². The van der Waals surface area contributed by atoms with Gasteiger partial charge in [0, 0.05) is 52.0 Å². The molecule has 0 radical (unpaired) electrons. The fourth-order valence-corrected chi connectivity index (χ4v) is 13.8. The van der Waals surface area contributed by atoms with Crippen LogP contribution in [0.3, 0.4) is 0 Å². The van der Waals surface area contributed by atoms with E-state index in [1.165, 1.54) is 54.6 Å². The normalized spacial score (nSPS) is 19.1. The van der Waals surface area contributed by atoms with Crippen molar-refractivity contribution in [2.45, 2.75) is 112 Å². The number of anilines is 3. The largest absolute Gasteiger partial charge is 0.508 e. The molecular weight excluding hydrogens is 1280 g/mol. The number of rotatable bonds is 21. The van der Waals surface area contributed by atoms with Crippen LogP contribution in [0.4, 0.5) is 30.2 Å². The maximum atomic E-state index is 13.1. The second kappa shape index (κ2) is 32.3. The number of benzene rings is 9. The first-order valence-electron chi connectivity index (χ1n) is 31.6. The molecular formula is C75H75F3N6O9S3. The van der Waals surface area contributed by atoms with E-state index in [2.05, 4.69) is 16.0 Å². The number of aliphatic hydroxyl groups is 3. The zero-order chi connectivity index (χ0) is 68.0. The molecule has 498 valence electrons. The van der Waals surface area contributed by atoms with Crippen molar-refractivity contribution >= 4 is 69.1 Å². The lowest BCUT2D eigenvalue weighted by molar-refractivity contribution is 0.161. The highest BCUT2D eigenvalue weighted by Gasteiger charge is 2.43. The lowest BCUT2D eigenvalue weighted by Crippen LogP contribution is -2.29. The van der Waals surface area contributed by atoms with Crippen LogP contribution < -0.4 is 30.7 Å². The number of aromatic hydroxyl groups is 6. The molecule has 0 amide bonds. The Kier molecular flexibility index (Phi) is 23.3. The van der Waals surface area contributed by atoms with Crippen LogP contribution in [0.1, 0.15) is 128 Å². The molecule has 3 unspecified atom stereocenters. The van der Waals surface area contributed by atoms with Gasteiger partial charge in [0.2, 0.25) is 0 Å². The smallest absolute Gasteiger partial charge is 0.174 e. The maximum Gasteiger partial charge on any atom is 0.174 e. The number of thiocarbonyl (C=S) groups is 3. The Balaban J connectivity index is 0.000000157. The number of para-hydroxylation sites is 3. The number of phenolic OH excluding ortho intramolecular Hbond substituents is 6. The first-order valence-corrected chi connectivity index (χ1v) is 32.8. The number of nitrogens with zero attached hydrogens (tertiary/aromatic N) is 3. The highest BCUT2D eigenvalue weighted by Crippen LogP contribution is 2.45. The van der Waals surface area contributed by atoms with Gasteiger partial charge in [-0.1, -0.05) is 91.0 Å². The summed E-state index contributed by atoms with van der Waals surface area (Å²) in [6, 6.07) is 59.3. The molecule has 3 aliphatic heterocycles. The average Bonchev–Trinajstić information content (AvgIpc) is 1.64. The molecule has 12 N–H and O–H groups in total. The van der Waals surface area contributed by atoms with Gasteiger partial charge in [0.05, 0.1) is 54.6 Å². The zero-order valence-electron chi connectivity index (χ0n) is 52.1. The summed E-state index contributed by atoms with van der Waals surface area (Å²) in [4.78, 5) is 5.92. The number of aliphatic hydroxyl groups excluding tert-OH is 3. The van der Waals surface area contributed by atoms with Crippen LogP contribution in [0.15, 0.2) is 218 Å². The molecule has 15 nitrogen and oxygen atoms in total. The standard InChI is InChI=1S/3C25H25FN2O3S/c3*26-17-11-9-16(10-12-17)22(30)8-4-7-21-24(20-14-13-19(29)15-23(20)31)28(25(32)27-21)18-5-2-1-3-6-18/h3*1-3,5-6,9-15,21-22,24,29-31H,4,7-8H2,(H,27,32)/t2*21-,22-,24-;/m11./s1. The van der Waals surface area contributed by atoms with Crippen molar-refractivity contribution in [1.29, 1.82) is 0 Å². The highest BCUT2D eigenvalue weighted by atomic mass is 32.1. The first kappa shape index (κ1) is 69.4. The van der Waals surface area contributed by atoms with Crippen LogP contribution in [-0.2, 0) is 0 Å². The Morgan fingerprint density at radius 1 is 0.333 bits per heavy atom. The van der Waals surface area contributed by atoms with Gasteiger partial charge in [-0.25, -0.2) is 13.2 Å². The molecule has 3 fully saturated rings. The molecule has 0 bridgehead atoms. The predicted molar refractivity (Wildman–Crippen MR) is 378 cm³/mol. The van der Waals surface area contributed by atoms with Crippen LogP contribution in [0.5, 0.6) is 34.5 Å². The number of nitrogens with one attached hydrogen (secondary N) is 3. The summed E-state index contributed by atoms with van der Waals surface area (Å²) in [6.07, 6.45) is 3.61. The number of hydrogen-bond acceptors (Lipinski definition) is 12. The fourth-order valence-electron chi connectivity index (χ4n) is 12.7. The molecule has 0 spiro atoms. The van der Waals surface area contributed by atoms with Crippen molar-refractivity contribution in [3.05, 3.63) is 269 Å². The lowest BCUT2D eigenvalue weighted by Gasteiger charge is -2.29. The Hall–Kier alpha value is -9.48. The van der Waals surface area contributed by atoms with Gasteiger partial charge in [0.15, 0.2) is 15.3 Å².